The maximum Gasteiger partial charge on any atom is 0.178 e. The van der Waals surface area contributed by atoms with Crippen LogP contribution in [0.15, 0.2) is 29.2 Å². The van der Waals surface area contributed by atoms with Crippen LogP contribution in [0, 0.1) is 0 Å². The molecule has 4 nitrogen and oxygen atoms in total. The van der Waals surface area contributed by atoms with Crippen molar-refractivity contribution < 1.29 is 13.5 Å². The average Bonchev–Trinajstić information content (AvgIpc) is 2.42. The summed E-state index contributed by atoms with van der Waals surface area (Å²) >= 11 is 0. The number of nitrogens with one attached hydrogen (secondary N) is 1. The lowest BCUT2D eigenvalue weighted by molar-refractivity contribution is 0.126. The van der Waals surface area contributed by atoms with E-state index in [1.807, 2.05) is 19.1 Å². The molecule has 1 aliphatic carbocycles. The fourth-order valence-corrected chi connectivity index (χ4v) is 3.92. The average molecular weight is 297 g/mol. The van der Waals surface area contributed by atoms with Gasteiger partial charge in [0, 0.05) is 11.7 Å². The van der Waals surface area contributed by atoms with Crippen LogP contribution in [0.2, 0.25) is 0 Å². The second-order valence-electron chi connectivity index (χ2n) is 5.49. The Morgan fingerprint density at radius 1 is 1.15 bits per heavy atom. The summed E-state index contributed by atoms with van der Waals surface area (Å²) in [4.78, 5) is 0.393. The van der Waals surface area contributed by atoms with Gasteiger partial charge in [-0.25, -0.2) is 8.42 Å². The predicted octanol–water partition coefficient (Wildman–Crippen LogP) is 2.59. The molecule has 0 spiro atoms. The lowest BCUT2D eigenvalue weighted by Crippen LogP contribution is -2.28. The number of anilines is 1. The zero-order chi connectivity index (χ0) is 14.6. The molecular weight excluding hydrogens is 274 g/mol. The van der Waals surface area contributed by atoms with Gasteiger partial charge in [0.2, 0.25) is 0 Å². The molecular formula is C15H23NO3S. The minimum Gasteiger partial charge on any atom is -0.393 e. The smallest absolute Gasteiger partial charge is 0.178 e. The van der Waals surface area contributed by atoms with Gasteiger partial charge in [0.25, 0.3) is 0 Å². The molecule has 112 valence electrons. The third-order valence-electron chi connectivity index (χ3n) is 3.75. The van der Waals surface area contributed by atoms with Crippen molar-refractivity contribution in [2.24, 2.45) is 0 Å². The Hall–Kier alpha value is -1.07. The summed E-state index contributed by atoms with van der Waals surface area (Å²) < 4.78 is 23.8. The van der Waals surface area contributed by atoms with Crippen LogP contribution in [0.1, 0.15) is 39.0 Å². The van der Waals surface area contributed by atoms with Crippen molar-refractivity contribution in [1.29, 1.82) is 0 Å². The molecule has 2 rings (SSSR count). The number of benzene rings is 1. The number of hydrogen-bond acceptors (Lipinski definition) is 4. The highest BCUT2D eigenvalue weighted by atomic mass is 32.2. The van der Waals surface area contributed by atoms with E-state index in [9.17, 15) is 13.5 Å². The van der Waals surface area contributed by atoms with Crippen LogP contribution >= 0.6 is 0 Å². The Kier molecular flexibility index (Phi) is 5.05. The summed E-state index contributed by atoms with van der Waals surface area (Å²) in [6, 6.07) is 7.37. The summed E-state index contributed by atoms with van der Waals surface area (Å²) in [5.74, 6) is 0.195. The van der Waals surface area contributed by atoms with Crippen molar-refractivity contribution in [3.05, 3.63) is 24.3 Å². The molecule has 20 heavy (non-hydrogen) atoms. The molecule has 1 saturated carbocycles. The van der Waals surface area contributed by atoms with Gasteiger partial charge in [-0.3, -0.25) is 0 Å². The highest BCUT2D eigenvalue weighted by molar-refractivity contribution is 7.91. The third kappa shape index (κ3) is 3.96. The van der Waals surface area contributed by atoms with E-state index in [4.69, 9.17) is 0 Å². The first-order valence-corrected chi connectivity index (χ1v) is 8.94. The number of rotatable bonds is 5. The van der Waals surface area contributed by atoms with Gasteiger partial charge in [0.1, 0.15) is 0 Å². The lowest BCUT2D eigenvalue weighted by atomic mass is 9.93. The van der Waals surface area contributed by atoms with E-state index in [2.05, 4.69) is 5.32 Å². The summed E-state index contributed by atoms with van der Waals surface area (Å²) in [7, 11) is -3.13. The van der Waals surface area contributed by atoms with Crippen LogP contribution in [0.5, 0.6) is 0 Å². The molecule has 0 atom stereocenters. The van der Waals surface area contributed by atoms with Crippen molar-refractivity contribution in [3.63, 3.8) is 0 Å². The first-order chi connectivity index (χ1) is 9.51. The second-order valence-corrected chi connectivity index (χ2v) is 7.60. The maximum atomic E-state index is 11.9. The number of aliphatic hydroxyl groups is 1. The zero-order valence-corrected chi connectivity index (χ0v) is 12.7. The molecule has 0 aromatic heterocycles. The van der Waals surface area contributed by atoms with Crippen molar-refractivity contribution in [1.82, 2.24) is 0 Å². The Morgan fingerprint density at radius 3 is 2.30 bits per heavy atom. The third-order valence-corrected chi connectivity index (χ3v) is 5.69. The second kappa shape index (κ2) is 6.59. The SMILES string of the molecule is CCCS(=O)(=O)c1ccc(NC2CCC(O)CC2)cc1. The van der Waals surface area contributed by atoms with Crippen LogP contribution in [-0.4, -0.2) is 31.4 Å². The van der Waals surface area contributed by atoms with E-state index < -0.39 is 9.84 Å². The van der Waals surface area contributed by atoms with E-state index in [1.165, 1.54) is 0 Å². The quantitative estimate of drug-likeness (QED) is 0.876. The van der Waals surface area contributed by atoms with Crippen LogP contribution in [0.4, 0.5) is 5.69 Å². The molecule has 5 heteroatoms. The highest BCUT2D eigenvalue weighted by Gasteiger charge is 2.19. The van der Waals surface area contributed by atoms with E-state index >= 15 is 0 Å². The number of hydrogen-bond donors (Lipinski definition) is 2. The lowest BCUT2D eigenvalue weighted by Gasteiger charge is -2.27. The predicted molar refractivity (Wildman–Crippen MR) is 80.7 cm³/mol. The zero-order valence-electron chi connectivity index (χ0n) is 11.9. The van der Waals surface area contributed by atoms with Gasteiger partial charge in [0.05, 0.1) is 16.8 Å². The summed E-state index contributed by atoms with van der Waals surface area (Å²) in [5, 5.41) is 12.9. The van der Waals surface area contributed by atoms with E-state index in [0.717, 1.165) is 31.4 Å². The topological polar surface area (TPSA) is 66.4 Å². The van der Waals surface area contributed by atoms with E-state index in [1.54, 1.807) is 12.1 Å². The van der Waals surface area contributed by atoms with Crippen LogP contribution < -0.4 is 5.32 Å². The molecule has 0 amide bonds. The first-order valence-electron chi connectivity index (χ1n) is 7.28. The molecule has 0 unspecified atom stereocenters. The monoisotopic (exact) mass is 297 g/mol. The van der Waals surface area contributed by atoms with Crippen molar-refractivity contribution in [2.45, 2.75) is 56.1 Å². The number of aliphatic hydroxyl groups excluding tert-OH is 1. The van der Waals surface area contributed by atoms with E-state index in [0.29, 0.717) is 17.4 Å². The van der Waals surface area contributed by atoms with Crippen LogP contribution in [0.3, 0.4) is 0 Å². The Morgan fingerprint density at radius 2 is 1.75 bits per heavy atom. The molecule has 0 heterocycles. The Balaban J connectivity index is 1.98. The largest absolute Gasteiger partial charge is 0.393 e. The van der Waals surface area contributed by atoms with Gasteiger partial charge >= 0.3 is 0 Å². The first kappa shape index (κ1) is 15.3. The van der Waals surface area contributed by atoms with Gasteiger partial charge in [-0.1, -0.05) is 6.92 Å². The summed E-state index contributed by atoms with van der Waals surface area (Å²) in [5.41, 5.74) is 0.946. The number of sulfone groups is 1. The van der Waals surface area contributed by atoms with Crippen LogP contribution in [-0.2, 0) is 9.84 Å². The fraction of sp³-hybridized carbons (Fsp3) is 0.600. The normalized spacial score (nSPS) is 23.5. The minimum atomic E-state index is -3.13. The highest BCUT2D eigenvalue weighted by Crippen LogP contribution is 2.23. The van der Waals surface area contributed by atoms with Crippen LogP contribution in [0.25, 0.3) is 0 Å². The van der Waals surface area contributed by atoms with E-state index in [-0.39, 0.29) is 11.9 Å². The van der Waals surface area contributed by atoms with Gasteiger partial charge in [-0.05, 0) is 56.4 Å². The molecule has 1 aromatic carbocycles. The maximum absolute atomic E-state index is 11.9. The van der Waals surface area contributed by atoms with Gasteiger partial charge in [-0.2, -0.15) is 0 Å². The van der Waals surface area contributed by atoms with Gasteiger partial charge in [-0.15, -0.1) is 0 Å². The van der Waals surface area contributed by atoms with Gasteiger partial charge < -0.3 is 10.4 Å². The summed E-state index contributed by atoms with van der Waals surface area (Å²) in [6.45, 7) is 1.87. The van der Waals surface area contributed by atoms with Crippen molar-refractivity contribution >= 4 is 15.5 Å². The molecule has 1 aromatic rings. The molecule has 0 bridgehead atoms. The van der Waals surface area contributed by atoms with Crippen molar-refractivity contribution in [3.8, 4) is 0 Å². The molecule has 0 aliphatic heterocycles. The standard InChI is InChI=1S/C15H23NO3S/c1-2-11-20(18,19)15-9-5-13(6-10-15)16-12-3-7-14(17)8-4-12/h5-6,9-10,12,14,16-17H,2-4,7-8,11H2,1H3. The Labute approximate surface area is 121 Å². The molecule has 1 fully saturated rings. The minimum absolute atomic E-state index is 0.158. The Bertz CT molecular complexity index is 517. The summed E-state index contributed by atoms with van der Waals surface area (Å²) in [6.07, 6.45) is 4.05. The van der Waals surface area contributed by atoms with Gasteiger partial charge in [0.15, 0.2) is 9.84 Å². The molecule has 0 radical (unpaired) electrons. The molecule has 1 aliphatic rings. The fourth-order valence-electron chi connectivity index (χ4n) is 2.60. The van der Waals surface area contributed by atoms with Crippen molar-refractivity contribution in [2.75, 3.05) is 11.1 Å². The molecule has 0 saturated heterocycles. The molecule has 2 N–H and O–H groups in total.